The number of Topliss-reactive ketones (excluding diaryl/α,β-unsaturated/α-hetero) is 1. The van der Waals surface area contributed by atoms with Gasteiger partial charge in [-0.2, -0.15) is 0 Å². The van der Waals surface area contributed by atoms with Crippen molar-refractivity contribution in [3.8, 4) is 0 Å². The van der Waals surface area contributed by atoms with Gasteiger partial charge in [0.1, 0.15) is 23.2 Å². The number of ketones is 1. The molecule has 3 aromatic rings. The van der Waals surface area contributed by atoms with E-state index in [0.717, 1.165) is 0 Å². The molecule has 0 bridgehead atoms. The van der Waals surface area contributed by atoms with Gasteiger partial charge in [-0.3, -0.25) is 14.0 Å². The molecule has 0 aliphatic rings. The summed E-state index contributed by atoms with van der Waals surface area (Å²) in [6.45, 7) is 12.6. The molecule has 0 radical (unpaired) electrons. The maximum Gasteiger partial charge on any atom is 0.354 e. The zero-order chi connectivity index (χ0) is 26.0. The van der Waals surface area contributed by atoms with Crippen molar-refractivity contribution >= 4 is 29.2 Å². The number of nitrogen functional groups attached to an aromatic ring is 1. The highest BCUT2D eigenvalue weighted by Gasteiger charge is 2.17. The molecular formula is C24H36N4O5. The highest BCUT2D eigenvalue weighted by Crippen LogP contribution is 2.10. The summed E-state index contributed by atoms with van der Waals surface area (Å²) in [6.07, 6.45) is 3.36. The molecule has 3 aromatic heterocycles. The zero-order valence-corrected chi connectivity index (χ0v) is 20.7. The molecule has 33 heavy (non-hydrogen) atoms. The number of anilines is 1. The second kappa shape index (κ2) is 17.9. The summed E-state index contributed by atoms with van der Waals surface area (Å²) in [7, 11) is 1.27. The van der Waals surface area contributed by atoms with Crippen molar-refractivity contribution in [3.05, 3.63) is 60.2 Å². The summed E-state index contributed by atoms with van der Waals surface area (Å²) in [4.78, 5) is 39.7. The van der Waals surface area contributed by atoms with Crippen LogP contribution in [0.15, 0.2) is 48.8 Å². The van der Waals surface area contributed by atoms with E-state index in [2.05, 4.69) is 14.7 Å². The number of hydrogen-bond acceptors (Lipinski definition) is 7. The summed E-state index contributed by atoms with van der Waals surface area (Å²) < 4.78 is 5.88. The van der Waals surface area contributed by atoms with Gasteiger partial charge in [0.25, 0.3) is 0 Å². The Balaban J connectivity index is 0. The maximum atomic E-state index is 10.8. The number of aromatic carboxylic acids is 1. The van der Waals surface area contributed by atoms with Crippen LogP contribution in [0.25, 0.3) is 5.65 Å². The van der Waals surface area contributed by atoms with Crippen LogP contribution >= 0.6 is 0 Å². The number of pyridine rings is 2. The van der Waals surface area contributed by atoms with Crippen molar-refractivity contribution < 1.29 is 24.2 Å². The van der Waals surface area contributed by atoms with E-state index in [1.54, 1.807) is 41.9 Å². The molecule has 0 aromatic carbocycles. The minimum atomic E-state index is -0.948. The third-order valence-corrected chi connectivity index (χ3v) is 3.76. The summed E-state index contributed by atoms with van der Waals surface area (Å²) in [5, 5.41) is 8.89. The van der Waals surface area contributed by atoms with Crippen LogP contribution in [0.1, 0.15) is 57.7 Å². The average molecular weight is 461 g/mol. The number of ether oxygens (including phenoxy) is 1. The Kier molecular flexibility index (Phi) is 17.0. The van der Waals surface area contributed by atoms with Gasteiger partial charge >= 0.3 is 11.9 Å². The number of carbonyl (C=O) groups excluding carboxylic acids is 2. The van der Waals surface area contributed by atoms with E-state index in [1.807, 2.05) is 45.9 Å². The van der Waals surface area contributed by atoms with Gasteiger partial charge in [0.15, 0.2) is 5.69 Å². The first-order chi connectivity index (χ1) is 15.7. The Morgan fingerprint density at radius 1 is 1.06 bits per heavy atom. The van der Waals surface area contributed by atoms with Crippen molar-refractivity contribution in [2.45, 2.75) is 48.5 Å². The zero-order valence-electron chi connectivity index (χ0n) is 20.7. The van der Waals surface area contributed by atoms with Gasteiger partial charge < -0.3 is 15.6 Å². The van der Waals surface area contributed by atoms with Gasteiger partial charge in [-0.05, 0) is 45.0 Å². The normalized spacial score (nSPS) is 9.70. The van der Waals surface area contributed by atoms with Crippen molar-refractivity contribution in [2.24, 2.45) is 5.92 Å². The monoisotopic (exact) mass is 460 g/mol. The summed E-state index contributed by atoms with van der Waals surface area (Å²) in [6, 6.07) is 10.8. The van der Waals surface area contributed by atoms with Crippen molar-refractivity contribution in [1.29, 1.82) is 0 Å². The smallest absolute Gasteiger partial charge is 0.354 e. The molecule has 0 fully saturated rings. The highest BCUT2D eigenvalue weighted by atomic mass is 16.5. The van der Waals surface area contributed by atoms with E-state index < -0.39 is 17.9 Å². The molecule has 0 saturated heterocycles. The first-order valence-corrected chi connectivity index (χ1v) is 10.6. The number of carboxylic acid groups (broad SMARTS) is 1. The first-order valence-electron chi connectivity index (χ1n) is 10.6. The molecule has 0 aliphatic carbocycles. The minimum absolute atomic E-state index is 0.165. The number of carbonyl (C=O) groups is 3. The largest absolute Gasteiger partial charge is 0.477 e. The van der Waals surface area contributed by atoms with Crippen molar-refractivity contribution in [1.82, 2.24) is 14.4 Å². The van der Waals surface area contributed by atoms with E-state index in [0.29, 0.717) is 17.2 Å². The van der Waals surface area contributed by atoms with Crippen LogP contribution in [-0.2, 0) is 14.3 Å². The van der Waals surface area contributed by atoms with Gasteiger partial charge in [0, 0.05) is 12.4 Å². The van der Waals surface area contributed by atoms with E-state index >= 15 is 0 Å². The lowest BCUT2D eigenvalue weighted by molar-refractivity contribution is -0.148. The maximum absolute atomic E-state index is 10.8. The Labute approximate surface area is 195 Å². The fraction of sp³-hybridized carbons (Fsp3) is 0.375. The Morgan fingerprint density at radius 3 is 2.00 bits per heavy atom. The van der Waals surface area contributed by atoms with Crippen molar-refractivity contribution in [2.75, 3.05) is 12.8 Å². The molecule has 3 heterocycles. The quantitative estimate of drug-likeness (QED) is 0.432. The fourth-order valence-electron chi connectivity index (χ4n) is 2.09. The highest BCUT2D eigenvalue weighted by molar-refractivity contribution is 5.97. The lowest BCUT2D eigenvalue weighted by atomic mass is 10.1. The van der Waals surface area contributed by atoms with Gasteiger partial charge in [-0.15, -0.1) is 0 Å². The Morgan fingerprint density at radius 2 is 1.64 bits per heavy atom. The van der Waals surface area contributed by atoms with E-state index in [4.69, 9.17) is 10.8 Å². The number of aryl methyl sites for hydroxylation is 1. The molecule has 182 valence electrons. The van der Waals surface area contributed by atoms with Crippen molar-refractivity contribution in [3.63, 3.8) is 0 Å². The van der Waals surface area contributed by atoms with E-state index in [1.165, 1.54) is 21.0 Å². The van der Waals surface area contributed by atoms with Gasteiger partial charge in [-0.1, -0.05) is 39.8 Å². The summed E-state index contributed by atoms with van der Waals surface area (Å²) >= 11 is 0. The SMILES string of the molecule is CC.CC.COC(=O)C(C)C(C)=O.Cc1nc2ccccn2c1C(=O)O.Nc1ccccn1. The molecule has 9 heteroatoms. The second-order valence-electron chi connectivity index (χ2n) is 5.89. The number of hydrogen-bond donors (Lipinski definition) is 2. The summed E-state index contributed by atoms with van der Waals surface area (Å²) in [5.41, 5.74) is 6.68. The number of carboxylic acids is 1. The molecule has 9 nitrogen and oxygen atoms in total. The lowest BCUT2D eigenvalue weighted by Gasteiger charge is -2.02. The van der Waals surface area contributed by atoms with Crippen LogP contribution in [0, 0.1) is 12.8 Å². The lowest BCUT2D eigenvalue weighted by Crippen LogP contribution is -2.19. The molecular weight excluding hydrogens is 424 g/mol. The number of nitrogens with zero attached hydrogens (tertiary/aromatic N) is 3. The predicted octanol–water partition coefficient (Wildman–Crippen LogP) is 4.44. The molecule has 0 aliphatic heterocycles. The molecule has 1 atom stereocenters. The predicted molar refractivity (Wildman–Crippen MR) is 130 cm³/mol. The number of rotatable bonds is 3. The average Bonchev–Trinajstić information content (AvgIpc) is 3.17. The number of aromatic nitrogens is 3. The van der Waals surface area contributed by atoms with Crippen LogP contribution in [-0.4, -0.2) is 44.3 Å². The van der Waals surface area contributed by atoms with Crippen LogP contribution in [0.3, 0.4) is 0 Å². The molecule has 3 rings (SSSR count). The molecule has 0 amide bonds. The van der Waals surface area contributed by atoms with Crippen LogP contribution in [0.2, 0.25) is 0 Å². The summed E-state index contributed by atoms with van der Waals surface area (Å²) in [5.74, 6) is -1.63. The van der Waals surface area contributed by atoms with Crippen LogP contribution < -0.4 is 5.73 Å². The number of imidazole rings is 1. The van der Waals surface area contributed by atoms with E-state index in [9.17, 15) is 14.4 Å². The number of fused-ring (bicyclic) bond motifs is 1. The molecule has 0 saturated carbocycles. The van der Waals surface area contributed by atoms with E-state index in [-0.39, 0.29) is 11.5 Å². The first kappa shape index (κ1) is 31.4. The topological polar surface area (TPSA) is 137 Å². The molecule has 0 spiro atoms. The third-order valence-electron chi connectivity index (χ3n) is 3.76. The second-order valence-corrected chi connectivity index (χ2v) is 5.89. The number of esters is 1. The van der Waals surface area contributed by atoms with Crippen LogP contribution in [0.4, 0.5) is 5.82 Å². The molecule has 3 N–H and O–H groups in total. The third kappa shape index (κ3) is 11.4. The van der Waals surface area contributed by atoms with Gasteiger partial charge in [-0.25, -0.2) is 14.8 Å². The van der Waals surface area contributed by atoms with Gasteiger partial charge in [0.05, 0.1) is 12.8 Å². The minimum Gasteiger partial charge on any atom is -0.477 e. The Hall–Kier alpha value is -3.75. The molecule has 1 unspecified atom stereocenters. The van der Waals surface area contributed by atoms with Gasteiger partial charge in [0.2, 0.25) is 0 Å². The fourth-order valence-corrected chi connectivity index (χ4v) is 2.09. The number of methoxy groups -OCH3 is 1. The standard InChI is InChI=1S/C9H8N2O2.C6H10O3.C5H6N2.2C2H6/c1-6-8(9(12)13)11-5-3-2-4-7(11)10-6;1-4(5(2)7)6(8)9-3;6-5-3-1-2-4-7-5;2*1-2/h2-5H,1H3,(H,12,13);4H,1-3H3;1-4H,(H2,6,7);2*1-2H3. The Bertz CT molecular complexity index is 971. The number of nitrogens with two attached hydrogens (primary N) is 1. The van der Waals surface area contributed by atoms with Crippen LogP contribution in [0.5, 0.6) is 0 Å².